The fourth-order valence-electron chi connectivity index (χ4n) is 2.09. The standard InChI is InChI=1S/C15H13BrCl2FN/c1-2-20-15(9-5-11(17)8-12(18)6-9)13-7-10(16)3-4-14(13)19/h3-8,15,20H,2H2,1H3. The van der Waals surface area contributed by atoms with Crippen LogP contribution in [0.25, 0.3) is 0 Å². The van der Waals surface area contributed by atoms with E-state index in [0.717, 1.165) is 10.0 Å². The van der Waals surface area contributed by atoms with Crippen molar-refractivity contribution in [1.29, 1.82) is 0 Å². The van der Waals surface area contributed by atoms with Gasteiger partial charge in [-0.1, -0.05) is 46.1 Å². The number of rotatable bonds is 4. The van der Waals surface area contributed by atoms with Crippen LogP contribution >= 0.6 is 39.1 Å². The summed E-state index contributed by atoms with van der Waals surface area (Å²) in [5.74, 6) is -0.268. The smallest absolute Gasteiger partial charge is 0.128 e. The Labute approximate surface area is 136 Å². The predicted molar refractivity (Wildman–Crippen MR) is 86.1 cm³/mol. The molecule has 0 radical (unpaired) electrons. The first kappa shape index (κ1) is 15.8. The van der Waals surface area contributed by atoms with Crippen LogP contribution in [0.2, 0.25) is 10.0 Å². The molecule has 5 heteroatoms. The highest BCUT2D eigenvalue weighted by molar-refractivity contribution is 9.10. The van der Waals surface area contributed by atoms with Crippen LogP contribution in [-0.2, 0) is 0 Å². The summed E-state index contributed by atoms with van der Waals surface area (Å²) in [5, 5.41) is 4.33. The molecule has 2 rings (SSSR count). The fraction of sp³-hybridized carbons (Fsp3) is 0.200. The van der Waals surface area contributed by atoms with Gasteiger partial charge in [-0.05, 0) is 48.5 Å². The Hall–Kier alpha value is -0.610. The van der Waals surface area contributed by atoms with Crippen LogP contribution in [0, 0.1) is 5.82 Å². The van der Waals surface area contributed by atoms with Gasteiger partial charge in [0, 0.05) is 20.1 Å². The summed E-state index contributed by atoms with van der Waals surface area (Å²) in [5.41, 5.74) is 1.39. The highest BCUT2D eigenvalue weighted by Crippen LogP contribution is 2.30. The second-order valence-electron chi connectivity index (χ2n) is 4.36. The van der Waals surface area contributed by atoms with Crippen molar-refractivity contribution in [2.75, 3.05) is 6.54 Å². The van der Waals surface area contributed by atoms with E-state index < -0.39 is 0 Å². The van der Waals surface area contributed by atoms with Crippen molar-refractivity contribution in [1.82, 2.24) is 5.32 Å². The van der Waals surface area contributed by atoms with Crippen LogP contribution in [-0.4, -0.2) is 6.54 Å². The average molecular weight is 377 g/mol. The molecular formula is C15H13BrCl2FN. The summed E-state index contributed by atoms with van der Waals surface area (Å²) in [6, 6.07) is 9.82. The second kappa shape index (κ2) is 6.90. The van der Waals surface area contributed by atoms with Crippen molar-refractivity contribution in [3.05, 3.63) is 67.9 Å². The Morgan fingerprint density at radius 2 is 1.80 bits per heavy atom. The van der Waals surface area contributed by atoms with Gasteiger partial charge in [-0.15, -0.1) is 0 Å². The highest BCUT2D eigenvalue weighted by Gasteiger charge is 2.18. The fourth-order valence-corrected chi connectivity index (χ4v) is 3.01. The third-order valence-electron chi connectivity index (χ3n) is 2.90. The molecule has 1 N–H and O–H groups in total. The summed E-state index contributed by atoms with van der Waals surface area (Å²) >= 11 is 15.4. The molecule has 0 aliphatic heterocycles. The van der Waals surface area contributed by atoms with Gasteiger partial charge in [0.25, 0.3) is 0 Å². The topological polar surface area (TPSA) is 12.0 Å². The highest BCUT2D eigenvalue weighted by atomic mass is 79.9. The molecule has 0 saturated heterocycles. The van der Waals surface area contributed by atoms with Gasteiger partial charge in [0.2, 0.25) is 0 Å². The Morgan fingerprint density at radius 1 is 1.15 bits per heavy atom. The van der Waals surface area contributed by atoms with Gasteiger partial charge in [0.15, 0.2) is 0 Å². The molecule has 0 aliphatic carbocycles. The van der Waals surface area contributed by atoms with E-state index in [1.165, 1.54) is 6.07 Å². The summed E-state index contributed by atoms with van der Waals surface area (Å²) in [4.78, 5) is 0. The van der Waals surface area contributed by atoms with Gasteiger partial charge in [-0.25, -0.2) is 4.39 Å². The molecule has 2 aromatic rings. The van der Waals surface area contributed by atoms with E-state index in [9.17, 15) is 4.39 Å². The molecule has 0 aromatic heterocycles. The molecule has 20 heavy (non-hydrogen) atoms. The first-order chi connectivity index (χ1) is 9.51. The second-order valence-corrected chi connectivity index (χ2v) is 6.15. The van der Waals surface area contributed by atoms with E-state index in [0.29, 0.717) is 22.2 Å². The minimum atomic E-state index is -0.298. The average Bonchev–Trinajstić information content (AvgIpc) is 2.38. The maximum Gasteiger partial charge on any atom is 0.128 e. The summed E-state index contributed by atoms with van der Waals surface area (Å²) in [6.07, 6.45) is 0. The third-order valence-corrected chi connectivity index (χ3v) is 3.83. The molecule has 0 heterocycles. The van der Waals surface area contributed by atoms with E-state index in [4.69, 9.17) is 23.2 Å². The van der Waals surface area contributed by atoms with Crippen LogP contribution in [0.4, 0.5) is 4.39 Å². The third kappa shape index (κ3) is 3.73. The Kier molecular flexibility index (Phi) is 5.44. The first-order valence-electron chi connectivity index (χ1n) is 6.15. The molecular weight excluding hydrogens is 364 g/mol. The molecule has 0 saturated carbocycles. The minimum Gasteiger partial charge on any atom is -0.306 e. The largest absolute Gasteiger partial charge is 0.306 e. The molecule has 1 atom stereocenters. The number of nitrogens with one attached hydrogen (secondary N) is 1. The van der Waals surface area contributed by atoms with Gasteiger partial charge in [-0.2, -0.15) is 0 Å². The van der Waals surface area contributed by atoms with E-state index in [2.05, 4.69) is 21.2 Å². The summed E-state index contributed by atoms with van der Waals surface area (Å²) in [7, 11) is 0. The van der Waals surface area contributed by atoms with E-state index in [1.807, 2.05) is 6.92 Å². The molecule has 1 nitrogen and oxygen atoms in total. The lowest BCUT2D eigenvalue weighted by Crippen LogP contribution is -2.23. The molecule has 0 aliphatic rings. The van der Waals surface area contributed by atoms with Gasteiger partial charge in [-0.3, -0.25) is 0 Å². The molecule has 106 valence electrons. The van der Waals surface area contributed by atoms with Crippen LogP contribution < -0.4 is 5.32 Å². The zero-order valence-electron chi connectivity index (χ0n) is 10.8. The minimum absolute atomic E-state index is 0.268. The van der Waals surface area contributed by atoms with Gasteiger partial charge in [0.1, 0.15) is 5.82 Å². The SMILES string of the molecule is CCNC(c1cc(Cl)cc(Cl)c1)c1cc(Br)ccc1F. The van der Waals surface area contributed by atoms with E-state index in [-0.39, 0.29) is 11.9 Å². The van der Waals surface area contributed by atoms with Crippen molar-refractivity contribution in [2.45, 2.75) is 13.0 Å². The number of halogens is 4. The zero-order chi connectivity index (χ0) is 14.7. The quantitative estimate of drug-likeness (QED) is 0.732. The Morgan fingerprint density at radius 3 is 2.40 bits per heavy atom. The van der Waals surface area contributed by atoms with Crippen molar-refractivity contribution in [3.63, 3.8) is 0 Å². The lowest BCUT2D eigenvalue weighted by Gasteiger charge is -2.20. The van der Waals surface area contributed by atoms with Crippen molar-refractivity contribution in [2.24, 2.45) is 0 Å². The van der Waals surface area contributed by atoms with Gasteiger partial charge >= 0.3 is 0 Å². The van der Waals surface area contributed by atoms with Crippen molar-refractivity contribution >= 4 is 39.1 Å². The van der Waals surface area contributed by atoms with Crippen LogP contribution in [0.1, 0.15) is 24.1 Å². The van der Waals surface area contributed by atoms with E-state index in [1.54, 1.807) is 30.3 Å². The lowest BCUT2D eigenvalue weighted by molar-refractivity contribution is 0.558. The predicted octanol–water partition coefficient (Wildman–Crippen LogP) is 5.59. The monoisotopic (exact) mass is 375 g/mol. The summed E-state index contributed by atoms with van der Waals surface area (Å²) < 4.78 is 14.9. The molecule has 0 fully saturated rings. The van der Waals surface area contributed by atoms with Gasteiger partial charge in [0.05, 0.1) is 6.04 Å². The molecule has 0 spiro atoms. The summed E-state index contributed by atoms with van der Waals surface area (Å²) in [6.45, 7) is 2.66. The lowest BCUT2D eigenvalue weighted by atomic mass is 9.98. The first-order valence-corrected chi connectivity index (χ1v) is 7.70. The maximum atomic E-state index is 14.1. The van der Waals surface area contributed by atoms with Gasteiger partial charge < -0.3 is 5.32 Å². The van der Waals surface area contributed by atoms with Crippen molar-refractivity contribution in [3.8, 4) is 0 Å². The Bertz CT molecular complexity index is 599. The zero-order valence-corrected chi connectivity index (χ0v) is 13.9. The Balaban J connectivity index is 2.52. The van der Waals surface area contributed by atoms with Crippen molar-refractivity contribution < 1.29 is 4.39 Å². The number of benzene rings is 2. The van der Waals surface area contributed by atoms with Crippen LogP contribution in [0.5, 0.6) is 0 Å². The van der Waals surface area contributed by atoms with Crippen LogP contribution in [0.3, 0.4) is 0 Å². The molecule has 2 aromatic carbocycles. The molecule has 0 bridgehead atoms. The van der Waals surface area contributed by atoms with Crippen LogP contribution in [0.15, 0.2) is 40.9 Å². The van der Waals surface area contributed by atoms with E-state index >= 15 is 0 Å². The number of hydrogen-bond donors (Lipinski definition) is 1. The number of hydrogen-bond acceptors (Lipinski definition) is 1. The normalized spacial score (nSPS) is 12.4. The molecule has 1 unspecified atom stereocenters. The molecule has 0 amide bonds. The maximum absolute atomic E-state index is 14.1.